The average Bonchev–Trinajstić information content (AvgIpc) is 3.03. The number of benzene rings is 1. The summed E-state index contributed by atoms with van der Waals surface area (Å²) >= 11 is 1.57. The highest BCUT2D eigenvalue weighted by atomic mass is 35.5. The molecule has 1 aromatic heterocycles. The van der Waals surface area contributed by atoms with E-state index < -0.39 is 6.10 Å². The highest BCUT2D eigenvalue weighted by Crippen LogP contribution is 2.24. The Morgan fingerprint density at radius 1 is 1.48 bits per heavy atom. The average molecular weight is 326 g/mol. The highest BCUT2D eigenvalue weighted by molar-refractivity contribution is 7.13. The molecule has 7 heteroatoms. The number of nitrogens with one attached hydrogen (secondary N) is 2. The van der Waals surface area contributed by atoms with Gasteiger partial charge in [-0.15, -0.1) is 23.7 Å². The predicted octanol–water partition coefficient (Wildman–Crippen LogP) is 2.16. The van der Waals surface area contributed by atoms with Crippen LogP contribution in [0.15, 0.2) is 35.8 Å². The molecule has 1 unspecified atom stereocenters. The first-order chi connectivity index (χ1) is 9.83. The van der Waals surface area contributed by atoms with Crippen molar-refractivity contribution >= 4 is 35.3 Å². The van der Waals surface area contributed by atoms with Crippen LogP contribution in [0.1, 0.15) is 0 Å². The van der Waals surface area contributed by atoms with Crippen LogP contribution in [0.2, 0.25) is 0 Å². The van der Waals surface area contributed by atoms with Gasteiger partial charge in [-0.2, -0.15) is 0 Å². The maximum absolute atomic E-state index is 12.1. The molecule has 1 amide bonds. The van der Waals surface area contributed by atoms with Gasteiger partial charge in [-0.25, -0.2) is 4.98 Å². The molecule has 1 aromatic carbocycles. The van der Waals surface area contributed by atoms with Crippen molar-refractivity contribution in [2.45, 2.75) is 6.10 Å². The molecule has 21 heavy (non-hydrogen) atoms. The Labute approximate surface area is 133 Å². The van der Waals surface area contributed by atoms with E-state index >= 15 is 0 Å². The van der Waals surface area contributed by atoms with E-state index in [0.717, 1.165) is 22.8 Å². The fraction of sp³-hybridized carbons (Fsp3) is 0.286. The minimum Gasteiger partial charge on any atom is -0.366 e. The molecule has 0 saturated carbocycles. The molecule has 1 aliphatic rings. The van der Waals surface area contributed by atoms with Gasteiger partial charge >= 0.3 is 0 Å². The molecule has 112 valence electrons. The van der Waals surface area contributed by atoms with Crippen LogP contribution < -0.4 is 10.6 Å². The maximum atomic E-state index is 12.1. The van der Waals surface area contributed by atoms with E-state index in [-0.39, 0.29) is 18.3 Å². The minimum atomic E-state index is -0.424. The first-order valence-corrected chi connectivity index (χ1v) is 7.34. The normalized spacial score (nSPS) is 17.8. The smallest absolute Gasteiger partial charge is 0.254 e. The zero-order valence-corrected chi connectivity index (χ0v) is 12.9. The molecule has 2 N–H and O–H groups in total. The van der Waals surface area contributed by atoms with Crippen molar-refractivity contribution in [3.8, 4) is 10.6 Å². The number of carbonyl (C=O) groups excluding carboxylic acids is 1. The number of ether oxygens (including phenoxy) is 1. The summed E-state index contributed by atoms with van der Waals surface area (Å²) in [6.07, 6.45) is 1.35. The van der Waals surface area contributed by atoms with Crippen LogP contribution in [-0.4, -0.2) is 36.7 Å². The Kier molecular flexibility index (Phi) is 5.69. The second-order valence-corrected chi connectivity index (χ2v) is 5.37. The van der Waals surface area contributed by atoms with Gasteiger partial charge in [0, 0.05) is 35.9 Å². The van der Waals surface area contributed by atoms with Gasteiger partial charge in [-0.1, -0.05) is 12.1 Å². The van der Waals surface area contributed by atoms with Crippen molar-refractivity contribution in [2.24, 2.45) is 0 Å². The molecular formula is C14H16ClN3O2S. The highest BCUT2D eigenvalue weighted by Gasteiger charge is 2.21. The summed E-state index contributed by atoms with van der Waals surface area (Å²) < 4.78 is 5.43. The Balaban J connectivity index is 0.00000161. The lowest BCUT2D eigenvalue weighted by Gasteiger charge is -2.22. The number of morpholine rings is 1. The predicted molar refractivity (Wildman–Crippen MR) is 86.0 cm³/mol. The molecule has 0 bridgehead atoms. The molecule has 3 rings (SSSR count). The van der Waals surface area contributed by atoms with E-state index in [1.54, 1.807) is 17.5 Å². The van der Waals surface area contributed by atoms with Crippen LogP contribution in [0.3, 0.4) is 0 Å². The molecule has 1 fully saturated rings. The van der Waals surface area contributed by atoms with Gasteiger partial charge in [0.1, 0.15) is 11.1 Å². The first kappa shape index (κ1) is 15.9. The second-order valence-electron chi connectivity index (χ2n) is 4.47. The van der Waals surface area contributed by atoms with Crippen molar-refractivity contribution in [3.05, 3.63) is 35.8 Å². The molecule has 1 aliphatic heterocycles. The summed E-state index contributed by atoms with van der Waals surface area (Å²) in [6, 6.07) is 7.68. The summed E-state index contributed by atoms with van der Waals surface area (Å²) in [5.41, 5.74) is 1.76. The Morgan fingerprint density at radius 2 is 2.38 bits per heavy atom. The largest absolute Gasteiger partial charge is 0.366 e. The van der Waals surface area contributed by atoms with Gasteiger partial charge in [-0.3, -0.25) is 4.79 Å². The number of thiazole rings is 1. The Bertz CT molecular complexity index is 586. The number of hydrogen-bond acceptors (Lipinski definition) is 5. The number of amides is 1. The van der Waals surface area contributed by atoms with Crippen molar-refractivity contribution in [1.29, 1.82) is 0 Å². The van der Waals surface area contributed by atoms with Crippen molar-refractivity contribution in [3.63, 3.8) is 0 Å². The van der Waals surface area contributed by atoms with Gasteiger partial charge in [0.15, 0.2) is 0 Å². The number of anilines is 1. The Hall–Kier alpha value is -1.47. The van der Waals surface area contributed by atoms with Gasteiger partial charge in [0.25, 0.3) is 5.91 Å². The third-order valence-electron chi connectivity index (χ3n) is 3.03. The standard InChI is InChI=1S/C14H15N3O2S.ClH/c18-13(12-9-15-4-6-19-12)17-11-3-1-2-10(8-11)14-16-5-7-20-14;/h1-3,5,7-8,12,15H,4,6,9H2,(H,17,18);1H. The van der Waals surface area contributed by atoms with Gasteiger partial charge < -0.3 is 15.4 Å². The van der Waals surface area contributed by atoms with Crippen LogP contribution in [0.4, 0.5) is 5.69 Å². The van der Waals surface area contributed by atoms with E-state index in [9.17, 15) is 4.79 Å². The SMILES string of the molecule is Cl.O=C(Nc1cccc(-c2nccs2)c1)C1CNCCO1. The fourth-order valence-electron chi connectivity index (χ4n) is 2.05. The zero-order valence-electron chi connectivity index (χ0n) is 11.2. The summed E-state index contributed by atoms with van der Waals surface area (Å²) in [4.78, 5) is 16.3. The summed E-state index contributed by atoms with van der Waals surface area (Å²) in [5, 5.41) is 8.90. The number of nitrogens with zero attached hydrogens (tertiary/aromatic N) is 1. The molecule has 5 nitrogen and oxygen atoms in total. The molecule has 0 spiro atoms. The number of rotatable bonds is 3. The fourth-order valence-corrected chi connectivity index (χ4v) is 2.69. The monoisotopic (exact) mass is 325 g/mol. The second kappa shape index (κ2) is 7.51. The number of aromatic nitrogens is 1. The molecular weight excluding hydrogens is 310 g/mol. The molecule has 0 aliphatic carbocycles. The van der Waals surface area contributed by atoms with E-state index in [2.05, 4.69) is 15.6 Å². The summed E-state index contributed by atoms with van der Waals surface area (Å²) in [5.74, 6) is -0.117. The quantitative estimate of drug-likeness (QED) is 0.907. The van der Waals surface area contributed by atoms with Gasteiger partial charge in [0.05, 0.1) is 6.61 Å². The maximum Gasteiger partial charge on any atom is 0.254 e. The Morgan fingerprint density at radius 3 is 3.10 bits per heavy atom. The molecule has 1 atom stereocenters. The van der Waals surface area contributed by atoms with Crippen molar-refractivity contribution < 1.29 is 9.53 Å². The topological polar surface area (TPSA) is 63.2 Å². The van der Waals surface area contributed by atoms with Crippen molar-refractivity contribution in [1.82, 2.24) is 10.3 Å². The van der Waals surface area contributed by atoms with Crippen LogP contribution in [-0.2, 0) is 9.53 Å². The lowest BCUT2D eigenvalue weighted by atomic mass is 10.2. The van der Waals surface area contributed by atoms with Crippen LogP contribution >= 0.6 is 23.7 Å². The van der Waals surface area contributed by atoms with E-state index in [0.29, 0.717) is 13.2 Å². The van der Waals surface area contributed by atoms with Gasteiger partial charge in [0.2, 0.25) is 0 Å². The lowest BCUT2D eigenvalue weighted by molar-refractivity contribution is -0.128. The van der Waals surface area contributed by atoms with E-state index in [1.165, 1.54) is 0 Å². The number of halogens is 1. The van der Waals surface area contributed by atoms with Crippen LogP contribution in [0.5, 0.6) is 0 Å². The van der Waals surface area contributed by atoms with Crippen molar-refractivity contribution in [2.75, 3.05) is 25.0 Å². The number of hydrogen-bond donors (Lipinski definition) is 2. The first-order valence-electron chi connectivity index (χ1n) is 6.46. The van der Waals surface area contributed by atoms with Crippen LogP contribution in [0.25, 0.3) is 10.6 Å². The zero-order chi connectivity index (χ0) is 13.8. The van der Waals surface area contributed by atoms with E-state index in [1.807, 2.05) is 29.6 Å². The summed E-state index contributed by atoms with van der Waals surface area (Å²) in [6.45, 7) is 1.92. The molecule has 1 saturated heterocycles. The number of carbonyl (C=O) groups is 1. The minimum absolute atomic E-state index is 0. The third kappa shape index (κ3) is 4.01. The van der Waals surface area contributed by atoms with E-state index in [4.69, 9.17) is 4.74 Å². The molecule has 0 radical (unpaired) electrons. The van der Waals surface area contributed by atoms with Gasteiger partial charge in [-0.05, 0) is 12.1 Å². The molecule has 2 heterocycles. The lowest BCUT2D eigenvalue weighted by Crippen LogP contribution is -2.45. The molecule has 2 aromatic rings. The third-order valence-corrected chi connectivity index (χ3v) is 3.85. The summed E-state index contributed by atoms with van der Waals surface area (Å²) in [7, 11) is 0. The van der Waals surface area contributed by atoms with Crippen LogP contribution in [0, 0.1) is 0 Å².